The van der Waals surface area contributed by atoms with Crippen LogP contribution in [0.15, 0.2) is 0 Å². The van der Waals surface area contributed by atoms with Crippen LogP contribution in [0.3, 0.4) is 0 Å². The first-order valence-corrected chi connectivity index (χ1v) is 6.82. The molecule has 0 fully saturated rings. The summed E-state index contributed by atoms with van der Waals surface area (Å²) in [6.45, 7) is 5.10. The van der Waals surface area contributed by atoms with Crippen LogP contribution in [0.1, 0.15) is 20.9 Å². The lowest BCUT2D eigenvalue weighted by Crippen LogP contribution is -2.30. The van der Waals surface area contributed by atoms with E-state index in [1.54, 1.807) is 0 Å². The van der Waals surface area contributed by atoms with Crippen LogP contribution >= 0.6 is 11.3 Å². The minimum Gasteiger partial charge on any atom is -0.397 e. The lowest BCUT2D eigenvalue weighted by molar-refractivity contribution is 0.0959. The average Bonchev–Trinajstić information content (AvgIpc) is 2.72. The Bertz CT molecular complexity index is 622. The minimum absolute atomic E-state index is 0.159. The topological polar surface area (TPSA) is 92.9 Å². The van der Waals surface area contributed by atoms with Crippen LogP contribution in [0.2, 0.25) is 0 Å². The number of nitrogens with one attached hydrogen (secondary N) is 2. The molecule has 0 saturated heterocycles. The van der Waals surface area contributed by atoms with Crippen molar-refractivity contribution < 1.29 is 4.79 Å². The number of nitrogens with zero attached hydrogens (tertiary/aromatic N) is 2. The predicted octanol–water partition coefficient (Wildman–Crippen LogP) is 0.840. The summed E-state index contributed by atoms with van der Waals surface area (Å²) in [5.74, 6) is -0.159. The van der Waals surface area contributed by atoms with E-state index in [-0.39, 0.29) is 5.91 Å². The van der Waals surface area contributed by atoms with Gasteiger partial charge in [-0.15, -0.1) is 16.4 Å². The van der Waals surface area contributed by atoms with Crippen LogP contribution < -0.4 is 16.4 Å². The number of anilines is 1. The Hall–Kier alpha value is -1.73. The SMILES string of the molecule is CNCCNC(=O)c1sc2nnc(C)c(C)c2c1N. The highest BCUT2D eigenvalue weighted by Crippen LogP contribution is 2.34. The molecule has 0 spiro atoms. The van der Waals surface area contributed by atoms with E-state index in [1.165, 1.54) is 11.3 Å². The first-order valence-electron chi connectivity index (χ1n) is 6.01. The van der Waals surface area contributed by atoms with Gasteiger partial charge in [0.15, 0.2) is 0 Å². The zero-order valence-corrected chi connectivity index (χ0v) is 12.0. The number of carbonyl (C=O) groups is 1. The van der Waals surface area contributed by atoms with Gasteiger partial charge < -0.3 is 16.4 Å². The number of thiophene rings is 1. The molecule has 6 nitrogen and oxygen atoms in total. The number of rotatable bonds is 4. The number of fused-ring (bicyclic) bond motifs is 1. The van der Waals surface area contributed by atoms with Gasteiger partial charge in [0.1, 0.15) is 9.71 Å². The van der Waals surface area contributed by atoms with Crippen molar-refractivity contribution in [2.75, 3.05) is 25.9 Å². The van der Waals surface area contributed by atoms with Crippen molar-refractivity contribution in [2.24, 2.45) is 0 Å². The summed E-state index contributed by atoms with van der Waals surface area (Å²) < 4.78 is 0. The standard InChI is InChI=1S/C12H17N5OS/c1-6-7(2)16-17-12-8(6)9(13)10(19-12)11(18)15-5-4-14-3/h14H,4-5,13H2,1-3H3,(H,15,18). The highest BCUT2D eigenvalue weighted by Gasteiger charge is 2.19. The quantitative estimate of drug-likeness (QED) is 0.721. The van der Waals surface area contributed by atoms with Crippen LogP contribution in [0.4, 0.5) is 5.69 Å². The second-order valence-electron chi connectivity index (χ2n) is 4.29. The molecule has 2 heterocycles. The highest BCUT2D eigenvalue weighted by atomic mass is 32.1. The first kappa shape index (κ1) is 13.7. The Morgan fingerprint density at radius 3 is 2.74 bits per heavy atom. The Kier molecular flexibility index (Phi) is 3.96. The number of likely N-dealkylation sites (N-methyl/N-ethyl adjacent to an activating group) is 1. The van der Waals surface area contributed by atoms with E-state index in [0.717, 1.165) is 16.6 Å². The fourth-order valence-electron chi connectivity index (χ4n) is 1.79. The van der Waals surface area contributed by atoms with E-state index in [9.17, 15) is 4.79 Å². The molecule has 0 aliphatic carbocycles. The normalized spacial score (nSPS) is 10.9. The molecule has 2 aromatic heterocycles. The maximum atomic E-state index is 12.0. The molecular weight excluding hydrogens is 262 g/mol. The van der Waals surface area contributed by atoms with Crippen LogP contribution in [-0.2, 0) is 0 Å². The van der Waals surface area contributed by atoms with Crippen LogP contribution in [0.25, 0.3) is 10.2 Å². The van der Waals surface area contributed by atoms with Crippen molar-refractivity contribution in [3.63, 3.8) is 0 Å². The lowest BCUT2D eigenvalue weighted by atomic mass is 10.1. The number of aryl methyl sites for hydroxylation is 2. The molecular formula is C12H17N5OS. The summed E-state index contributed by atoms with van der Waals surface area (Å²) in [6, 6.07) is 0. The van der Waals surface area contributed by atoms with Gasteiger partial charge in [0.05, 0.1) is 11.4 Å². The monoisotopic (exact) mass is 279 g/mol. The number of carbonyl (C=O) groups excluding carboxylic acids is 1. The molecule has 0 bridgehead atoms. The molecule has 0 aliphatic heterocycles. The van der Waals surface area contributed by atoms with Crippen molar-refractivity contribution in [1.29, 1.82) is 0 Å². The minimum atomic E-state index is -0.159. The molecule has 2 aromatic rings. The van der Waals surface area contributed by atoms with Crippen LogP contribution in [0.5, 0.6) is 0 Å². The Labute approximate surface area is 115 Å². The predicted molar refractivity (Wildman–Crippen MR) is 77.6 cm³/mol. The van der Waals surface area contributed by atoms with Crippen molar-refractivity contribution in [3.05, 3.63) is 16.1 Å². The summed E-state index contributed by atoms with van der Waals surface area (Å²) in [6.07, 6.45) is 0. The van der Waals surface area contributed by atoms with E-state index in [0.29, 0.717) is 28.5 Å². The number of aromatic nitrogens is 2. The smallest absolute Gasteiger partial charge is 0.263 e. The highest BCUT2D eigenvalue weighted by molar-refractivity contribution is 7.21. The van der Waals surface area contributed by atoms with Gasteiger partial charge in [0, 0.05) is 18.5 Å². The molecule has 7 heteroatoms. The van der Waals surface area contributed by atoms with Crippen LogP contribution in [-0.4, -0.2) is 36.2 Å². The van der Waals surface area contributed by atoms with Gasteiger partial charge in [0.25, 0.3) is 5.91 Å². The summed E-state index contributed by atoms with van der Waals surface area (Å²) in [7, 11) is 1.84. The van der Waals surface area contributed by atoms with Crippen molar-refractivity contribution in [3.8, 4) is 0 Å². The largest absolute Gasteiger partial charge is 0.397 e. The van der Waals surface area contributed by atoms with Crippen molar-refractivity contribution in [2.45, 2.75) is 13.8 Å². The maximum absolute atomic E-state index is 12.0. The first-order chi connectivity index (χ1) is 9.06. The molecule has 4 N–H and O–H groups in total. The molecule has 0 saturated carbocycles. The number of nitrogen functional groups attached to an aromatic ring is 1. The molecule has 19 heavy (non-hydrogen) atoms. The number of hydrogen-bond acceptors (Lipinski definition) is 6. The molecule has 0 unspecified atom stereocenters. The zero-order valence-electron chi connectivity index (χ0n) is 11.2. The third kappa shape index (κ3) is 2.52. The maximum Gasteiger partial charge on any atom is 0.263 e. The number of nitrogens with two attached hydrogens (primary N) is 1. The summed E-state index contributed by atoms with van der Waals surface area (Å²) in [5, 5.41) is 14.8. The van der Waals surface area contributed by atoms with Gasteiger partial charge in [-0.1, -0.05) is 0 Å². The molecule has 0 radical (unpaired) electrons. The molecule has 0 atom stereocenters. The molecule has 0 aromatic carbocycles. The third-order valence-corrected chi connectivity index (χ3v) is 4.09. The van der Waals surface area contributed by atoms with Crippen molar-refractivity contribution >= 4 is 33.1 Å². The molecule has 102 valence electrons. The zero-order chi connectivity index (χ0) is 14.0. The van der Waals surface area contributed by atoms with Gasteiger partial charge in [-0.25, -0.2) is 0 Å². The number of amides is 1. The summed E-state index contributed by atoms with van der Waals surface area (Å²) in [5.41, 5.74) is 8.39. The Morgan fingerprint density at radius 1 is 1.32 bits per heavy atom. The second kappa shape index (κ2) is 5.50. The molecule has 1 amide bonds. The van der Waals surface area contributed by atoms with Gasteiger partial charge in [0.2, 0.25) is 0 Å². The van der Waals surface area contributed by atoms with Crippen LogP contribution in [0, 0.1) is 13.8 Å². The van der Waals surface area contributed by atoms with E-state index in [4.69, 9.17) is 5.73 Å². The molecule has 2 rings (SSSR count). The van der Waals surface area contributed by atoms with Gasteiger partial charge in [-0.2, -0.15) is 5.10 Å². The van der Waals surface area contributed by atoms with E-state index >= 15 is 0 Å². The lowest BCUT2D eigenvalue weighted by Gasteiger charge is -2.03. The van der Waals surface area contributed by atoms with Gasteiger partial charge >= 0.3 is 0 Å². The van der Waals surface area contributed by atoms with E-state index < -0.39 is 0 Å². The van der Waals surface area contributed by atoms with Crippen molar-refractivity contribution in [1.82, 2.24) is 20.8 Å². The van der Waals surface area contributed by atoms with Gasteiger partial charge in [-0.05, 0) is 26.5 Å². The van der Waals surface area contributed by atoms with E-state index in [1.807, 2.05) is 20.9 Å². The molecule has 0 aliphatic rings. The Balaban J connectivity index is 2.37. The van der Waals surface area contributed by atoms with Gasteiger partial charge in [-0.3, -0.25) is 4.79 Å². The summed E-state index contributed by atoms with van der Waals surface area (Å²) in [4.78, 5) is 13.3. The third-order valence-electron chi connectivity index (χ3n) is 3.00. The second-order valence-corrected chi connectivity index (χ2v) is 5.29. The average molecular weight is 279 g/mol. The van der Waals surface area contributed by atoms with E-state index in [2.05, 4.69) is 20.8 Å². The number of hydrogen-bond donors (Lipinski definition) is 3. The fourth-order valence-corrected chi connectivity index (χ4v) is 2.81. The Morgan fingerprint density at radius 2 is 2.05 bits per heavy atom. The summed E-state index contributed by atoms with van der Waals surface area (Å²) >= 11 is 1.28. The fraction of sp³-hybridized carbons (Fsp3) is 0.417.